The lowest BCUT2D eigenvalue weighted by Crippen LogP contribution is -1.97. The van der Waals surface area contributed by atoms with Crippen LogP contribution in [-0.4, -0.2) is 0 Å². The minimum Gasteiger partial charge on any atom is -0.0648 e. The van der Waals surface area contributed by atoms with Gasteiger partial charge in [-0.25, -0.2) is 0 Å². The summed E-state index contributed by atoms with van der Waals surface area (Å²) in [6, 6.07) is 9.00. The first-order valence-corrected chi connectivity index (χ1v) is 5.49. The summed E-state index contributed by atoms with van der Waals surface area (Å²) < 4.78 is 0. The molecule has 1 aromatic rings. The van der Waals surface area contributed by atoms with Crippen LogP contribution in [0.1, 0.15) is 49.7 Å². The van der Waals surface area contributed by atoms with E-state index in [1.165, 1.54) is 32.1 Å². The first-order chi connectivity index (χ1) is 6.42. The molecular formula is C13H18. The van der Waals surface area contributed by atoms with Crippen molar-refractivity contribution in [3.63, 3.8) is 0 Å². The van der Waals surface area contributed by atoms with Gasteiger partial charge in [-0.05, 0) is 42.7 Å². The molecule has 0 amide bonds. The quantitative estimate of drug-likeness (QED) is 0.566. The molecule has 1 unspecified atom stereocenters. The average Bonchev–Trinajstić information content (AvgIpc) is 2.39. The lowest BCUT2D eigenvalue weighted by molar-refractivity contribution is 0.581. The number of hydrogen-bond acceptors (Lipinski definition) is 0. The molecule has 0 saturated heterocycles. The molecule has 1 aliphatic carbocycles. The van der Waals surface area contributed by atoms with Crippen LogP contribution in [0.4, 0.5) is 0 Å². The summed E-state index contributed by atoms with van der Waals surface area (Å²) in [5.41, 5.74) is 3.23. The van der Waals surface area contributed by atoms with Crippen molar-refractivity contribution < 1.29 is 0 Å². The Hall–Kier alpha value is -0.780. The molecule has 1 aliphatic rings. The van der Waals surface area contributed by atoms with Gasteiger partial charge in [-0.15, -0.1) is 0 Å². The Labute approximate surface area is 81.0 Å². The molecule has 1 aromatic carbocycles. The largest absolute Gasteiger partial charge is 0.0648 e. The van der Waals surface area contributed by atoms with Crippen molar-refractivity contribution in [2.45, 2.75) is 44.9 Å². The molecule has 1 atom stereocenters. The number of aryl methyl sites for hydroxylation is 1. The highest BCUT2D eigenvalue weighted by Crippen LogP contribution is 2.32. The van der Waals surface area contributed by atoms with Crippen molar-refractivity contribution in [2.24, 2.45) is 0 Å². The molecule has 0 nitrogen and oxygen atoms in total. The van der Waals surface area contributed by atoms with Crippen LogP contribution >= 0.6 is 0 Å². The molecule has 13 heavy (non-hydrogen) atoms. The Morgan fingerprint density at radius 1 is 1.23 bits per heavy atom. The van der Waals surface area contributed by atoms with Gasteiger partial charge in [0.2, 0.25) is 0 Å². The van der Waals surface area contributed by atoms with Gasteiger partial charge >= 0.3 is 0 Å². The highest BCUT2D eigenvalue weighted by Gasteiger charge is 2.15. The molecule has 0 radical (unpaired) electrons. The summed E-state index contributed by atoms with van der Waals surface area (Å²) in [7, 11) is 0. The average molecular weight is 174 g/mol. The van der Waals surface area contributed by atoms with Crippen LogP contribution < -0.4 is 0 Å². The Bertz CT molecular complexity index is 275. The van der Waals surface area contributed by atoms with E-state index in [-0.39, 0.29) is 0 Å². The zero-order valence-electron chi connectivity index (χ0n) is 8.42. The van der Waals surface area contributed by atoms with E-state index in [9.17, 15) is 0 Å². The minimum atomic E-state index is 0.832. The molecule has 0 heteroatoms. The Morgan fingerprint density at radius 3 is 2.92 bits per heavy atom. The second-order valence-electron chi connectivity index (χ2n) is 4.05. The van der Waals surface area contributed by atoms with Crippen LogP contribution in [0.15, 0.2) is 24.3 Å². The van der Waals surface area contributed by atoms with Crippen molar-refractivity contribution in [1.29, 1.82) is 0 Å². The molecule has 0 aromatic heterocycles. The second-order valence-corrected chi connectivity index (χ2v) is 4.05. The number of fused-ring (bicyclic) bond motifs is 1. The van der Waals surface area contributed by atoms with Gasteiger partial charge in [0.15, 0.2) is 0 Å². The van der Waals surface area contributed by atoms with E-state index in [4.69, 9.17) is 0 Å². The summed E-state index contributed by atoms with van der Waals surface area (Å²) in [4.78, 5) is 0. The molecule has 70 valence electrons. The third kappa shape index (κ3) is 1.77. The predicted molar refractivity (Wildman–Crippen MR) is 57.0 cm³/mol. The molecule has 0 spiro atoms. The predicted octanol–water partition coefficient (Wildman–Crippen LogP) is 3.91. The topological polar surface area (TPSA) is 0 Å². The number of rotatable bonds is 1. The number of benzene rings is 1. The SMILES string of the molecule is CCC1CCCCc2ccccc21. The van der Waals surface area contributed by atoms with Crippen molar-refractivity contribution >= 4 is 0 Å². The zero-order chi connectivity index (χ0) is 9.10. The highest BCUT2D eigenvalue weighted by molar-refractivity contribution is 5.31. The van der Waals surface area contributed by atoms with Gasteiger partial charge in [0.1, 0.15) is 0 Å². The monoisotopic (exact) mass is 174 g/mol. The number of hydrogen-bond donors (Lipinski definition) is 0. The Balaban J connectivity index is 2.35. The molecule has 0 fully saturated rings. The van der Waals surface area contributed by atoms with E-state index in [1.54, 1.807) is 11.1 Å². The molecule has 2 rings (SSSR count). The van der Waals surface area contributed by atoms with Crippen LogP contribution in [0.5, 0.6) is 0 Å². The first kappa shape index (κ1) is 8.80. The van der Waals surface area contributed by atoms with E-state index in [0.717, 1.165) is 5.92 Å². The summed E-state index contributed by atoms with van der Waals surface area (Å²) in [5, 5.41) is 0. The fourth-order valence-corrected chi connectivity index (χ4v) is 2.45. The molecule has 0 heterocycles. The first-order valence-electron chi connectivity index (χ1n) is 5.49. The third-order valence-corrected chi connectivity index (χ3v) is 3.24. The molecule has 0 N–H and O–H groups in total. The van der Waals surface area contributed by atoms with Crippen molar-refractivity contribution in [1.82, 2.24) is 0 Å². The van der Waals surface area contributed by atoms with E-state index in [2.05, 4.69) is 31.2 Å². The normalized spacial score (nSPS) is 22.1. The summed E-state index contributed by atoms with van der Waals surface area (Å²) in [5.74, 6) is 0.832. The Morgan fingerprint density at radius 2 is 2.08 bits per heavy atom. The summed E-state index contributed by atoms with van der Waals surface area (Å²) in [6.07, 6.45) is 6.79. The summed E-state index contributed by atoms with van der Waals surface area (Å²) in [6.45, 7) is 2.31. The van der Waals surface area contributed by atoms with Gasteiger partial charge in [0, 0.05) is 0 Å². The lowest BCUT2D eigenvalue weighted by atomic mass is 9.91. The van der Waals surface area contributed by atoms with E-state index >= 15 is 0 Å². The van der Waals surface area contributed by atoms with E-state index in [0.29, 0.717) is 0 Å². The standard InChI is InChI=1S/C13H18/c1-2-11-7-3-4-8-12-9-5-6-10-13(11)12/h5-6,9-11H,2-4,7-8H2,1H3. The van der Waals surface area contributed by atoms with Gasteiger partial charge in [-0.1, -0.05) is 37.6 Å². The molecule has 0 bridgehead atoms. The fourth-order valence-electron chi connectivity index (χ4n) is 2.45. The fraction of sp³-hybridized carbons (Fsp3) is 0.538. The summed E-state index contributed by atoms with van der Waals surface area (Å²) >= 11 is 0. The van der Waals surface area contributed by atoms with Crippen LogP contribution in [0, 0.1) is 0 Å². The van der Waals surface area contributed by atoms with Gasteiger partial charge in [0.25, 0.3) is 0 Å². The van der Waals surface area contributed by atoms with Crippen LogP contribution in [0.3, 0.4) is 0 Å². The minimum absolute atomic E-state index is 0.832. The maximum Gasteiger partial charge on any atom is -0.0162 e. The van der Waals surface area contributed by atoms with Crippen molar-refractivity contribution in [2.75, 3.05) is 0 Å². The van der Waals surface area contributed by atoms with Gasteiger partial charge in [-0.2, -0.15) is 0 Å². The lowest BCUT2D eigenvalue weighted by Gasteiger charge is -2.14. The maximum atomic E-state index is 2.33. The van der Waals surface area contributed by atoms with Gasteiger partial charge < -0.3 is 0 Å². The van der Waals surface area contributed by atoms with Crippen LogP contribution in [-0.2, 0) is 6.42 Å². The smallest absolute Gasteiger partial charge is 0.0162 e. The maximum absolute atomic E-state index is 2.33. The highest BCUT2D eigenvalue weighted by atomic mass is 14.2. The van der Waals surface area contributed by atoms with Crippen molar-refractivity contribution in [3.8, 4) is 0 Å². The van der Waals surface area contributed by atoms with Crippen LogP contribution in [0.25, 0.3) is 0 Å². The third-order valence-electron chi connectivity index (χ3n) is 3.24. The van der Waals surface area contributed by atoms with Crippen LogP contribution in [0.2, 0.25) is 0 Å². The van der Waals surface area contributed by atoms with Gasteiger partial charge in [-0.3, -0.25) is 0 Å². The second kappa shape index (κ2) is 3.95. The zero-order valence-corrected chi connectivity index (χ0v) is 8.42. The Kier molecular flexibility index (Phi) is 2.68. The van der Waals surface area contributed by atoms with E-state index < -0.39 is 0 Å². The molecule has 0 saturated carbocycles. The van der Waals surface area contributed by atoms with E-state index in [1.807, 2.05) is 0 Å². The molecular weight excluding hydrogens is 156 g/mol. The molecule has 0 aliphatic heterocycles. The van der Waals surface area contributed by atoms with Gasteiger partial charge in [0.05, 0.1) is 0 Å². The van der Waals surface area contributed by atoms with Crippen molar-refractivity contribution in [3.05, 3.63) is 35.4 Å².